The SMILES string of the molecule is CC(=O)SCC(CC(=O)O)C(=O)O. The van der Waals surface area contributed by atoms with Gasteiger partial charge in [0.05, 0.1) is 12.3 Å². The van der Waals surface area contributed by atoms with E-state index in [1.54, 1.807) is 0 Å². The Labute approximate surface area is 79.1 Å². The Morgan fingerprint density at radius 2 is 1.85 bits per heavy atom. The number of carbonyl (C=O) groups excluding carboxylic acids is 1. The van der Waals surface area contributed by atoms with E-state index in [-0.39, 0.29) is 10.9 Å². The Hall–Kier alpha value is -1.04. The monoisotopic (exact) mass is 206 g/mol. The number of thioether (sulfide) groups is 1. The highest BCUT2D eigenvalue weighted by Crippen LogP contribution is 2.13. The molecule has 0 amide bonds. The molecule has 1 atom stereocenters. The van der Waals surface area contributed by atoms with Crippen molar-refractivity contribution in [3.05, 3.63) is 0 Å². The lowest BCUT2D eigenvalue weighted by molar-refractivity contribution is -0.147. The molecule has 0 spiro atoms. The van der Waals surface area contributed by atoms with Crippen LogP contribution >= 0.6 is 11.8 Å². The number of carboxylic acids is 2. The fraction of sp³-hybridized carbons (Fsp3) is 0.571. The molecular formula is C7H10O5S. The summed E-state index contributed by atoms with van der Waals surface area (Å²) in [4.78, 5) is 31.1. The topological polar surface area (TPSA) is 91.7 Å². The van der Waals surface area contributed by atoms with E-state index in [4.69, 9.17) is 10.2 Å². The van der Waals surface area contributed by atoms with E-state index in [0.717, 1.165) is 11.8 Å². The summed E-state index contributed by atoms with van der Waals surface area (Å²) in [5.41, 5.74) is 0. The molecule has 2 N–H and O–H groups in total. The van der Waals surface area contributed by atoms with Gasteiger partial charge in [0, 0.05) is 12.7 Å². The normalized spacial score (nSPS) is 12.1. The maximum Gasteiger partial charge on any atom is 0.307 e. The minimum absolute atomic E-state index is 0.0109. The van der Waals surface area contributed by atoms with Gasteiger partial charge in [0.1, 0.15) is 0 Å². The maximum absolute atomic E-state index is 10.5. The van der Waals surface area contributed by atoms with E-state index in [1.807, 2.05) is 0 Å². The van der Waals surface area contributed by atoms with Gasteiger partial charge in [-0.05, 0) is 0 Å². The molecule has 0 heterocycles. The number of carbonyl (C=O) groups is 3. The van der Waals surface area contributed by atoms with Gasteiger partial charge < -0.3 is 10.2 Å². The van der Waals surface area contributed by atoms with Crippen molar-refractivity contribution >= 4 is 28.8 Å². The summed E-state index contributed by atoms with van der Waals surface area (Å²) in [6, 6.07) is 0. The molecule has 74 valence electrons. The van der Waals surface area contributed by atoms with Crippen LogP contribution in [0.4, 0.5) is 0 Å². The Bertz CT molecular complexity index is 225. The van der Waals surface area contributed by atoms with Crippen molar-refractivity contribution in [3.8, 4) is 0 Å². The van der Waals surface area contributed by atoms with Gasteiger partial charge in [-0.25, -0.2) is 0 Å². The van der Waals surface area contributed by atoms with E-state index < -0.39 is 24.3 Å². The van der Waals surface area contributed by atoms with Crippen LogP contribution in [0, 0.1) is 5.92 Å². The molecule has 1 unspecified atom stereocenters. The van der Waals surface area contributed by atoms with Crippen LogP contribution in [-0.4, -0.2) is 33.0 Å². The quantitative estimate of drug-likeness (QED) is 0.678. The summed E-state index contributed by atoms with van der Waals surface area (Å²) in [5, 5.41) is 16.7. The standard InChI is InChI=1S/C7H10O5S/c1-4(8)13-3-5(7(11)12)2-6(9)10/h5H,2-3H2,1H3,(H,9,10)(H,11,12). The first kappa shape index (κ1) is 12.0. The first-order chi connectivity index (χ1) is 5.93. The molecule has 0 rings (SSSR count). The number of hydrogen-bond acceptors (Lipinski definition) is 4. The molecule has 5 nitrogen and oxygen atoms in total. The fourth-order valence-electron chi connectivity index (χ4n) is 0.646. The lowest BCUT2D eigenvalue weighted by Gasteiger charge is -2.06. The number of rotatable bonds is 5. The Balaban J connectivity index is 4.02. The molecule has 6 heteroatoms. The predicted octanol–water partition coefficient (Wildman–Crippen LogP) is 0.442. The summed E-state index contributed by atoms with van der Waals surface area (Å²) >= 11 is 0.827. The molecule has 0 aromatic carbocycles. The van der Waals surface area contributed by atoms with E-state index in [0.29, 0.717) is 0 Å². The lowest BCUT2D eigenvalue weighted by atomic mass is 10.1. The van der Waals surface area contributed by atoms with Crippen LogP contribution in [0.1, 0.15) is 13.3 Å². The molecule has 0 saturated carbocycles. The zero-order valence-electron chi connectivity index (χ0n) is 7.02. The van der Waals surface area contributed by atoms with E-state index in [1.165, 1.54) is 6.92 Å². The van der Waals surface area contributed by atoms with Crippen LogP contribution < -0.4 is 0 Å². The van der Waals surface area contributed by atoms with Crippen LogP contribution in [0.3, 0.4) is 0 Å². The van der Waals surface area contributed by atoms with Crippen molar-refractivity contribution in [2.24, 2.45) is 5.92 Å². The van der Waals surface area contributed by atoms with Gasteiger partial charge in [-0.1, -0.05) is 11.8 Å². The summed E-state index contributed by atoms with van der Waals surface area (Å²) in [6.07, 6.45) is -0.449. The average Bonchev–Trinajstić information content (AvgIpc) is 1.96. The van der Waals surface area contributed by atoms with Gasteiger partial charge >= 0.3 is 11.9 Å². The molecule has 0 radical (unpaired) electrons. The molecule has 0 aromatic heterocycles. The van der Waals surface area contributed by atoms with Crippen LogP contribution in [0.5, 0.6) is 0 Å². The van der Waals surface area contributed by atoms with Gasteiger partial charge in [-0.3, -0.25) is 14.4 Å². The third-order valence-corrected chi connectivity index (χ3v) is 2.23. The third kappa shape index (κ3) is 6.15. The minimum atomic E-state index is -1.18. The summed E-state index contributed by atoms with van der Waals surface area (Å²) in [6.45, 7) is 1.31. The smallest absolute Gasteiger partial charge is 0.307 e. The number of hydrogen-bond donors (Lipinski definition) is 2. The molecule has 0 aliphatic heterocycles. The zero-order chi connectivity index (χ0) is 10.4. The van der Waals surface area contributed by atoms with Crippen molar-refractivity contribution < 1.29 is 24.6 Å². The van der Waals surface area contributed by atoms with Crippen molar-refractivity contribution in [2.75, 3.05) is 5.75 Å². The third-order valence-electron chi connectivity index (χ3n) is 1.26. The molecular weight excluding hydrogens is 196 g/mol. The van der Waals surface area contributed by atoms with Gasteiger partial charge in [0.25, 0.3) is 0 Å². The van der Waals surface area contributed by atoms with E-state index in [9.17, 15) is 14.4 Å². The summed E-state index contributed by atoms with van der Waals surface area (Å²) in [7, 11) is 0. The molecule has 0 aliphatic carbocycles. The van der Waals surface area contributed by atoms with Crippen LogP contribution in [-0.2, 0) is 14.4 Å². The first-order valence-electron chi connectivity index (χ1n) is 3.51. The van der Waals surface area contributed by atoms with Crippen molar-refractivity contribution in [1.82, 2.24) is 0 Å². The Morgan fingerprint density at radius 3 is 2.15 bits per heavy atom. The zero-order valence-corrected chi connectivity index (χ0v) is 7.84. The minimum Gasteiger partial charge on any atom is -0.481 e. The second-order valence-electron chi connectivity index (χ2n) is 2.44. The van der Waals surface area contributed by atoms with Crippen LogP contribution in [0.25, 0.3) is 0 Å². The van der Waals surface area contributed by atoms with Gasteiger partial charge in [0.15, 0.2) is 5.12 Å². The Morgan fingerprint density at radius 1 is 1.31 bits per heavy atom. The van der Waals surface area contributed by atoms with Gasteiger partial charge in [0.2, 0.25) is 0 Å². The summed E-state index contributed by atoms with van der Waals surface area (Å²) < 4.78 is 0. The van der Waals surface area contributed by atoms with Crippen LogP contribution in [0.15, 0.2) is 0 Å². The molecule has 13 heavy (non-hydrogen) atoms. The van der Waals surface area contributed by atoms with Crippen molar-refractivity contribution in [2.45, 2.75) is 13.3 Å². The highest BCUT2D eigenvalue weighted by atomic mass is 32.2. The van der Waals surface area contributed by atoms with Crippen molar-refractivity contribution in [1.29, 1.82) is 0 Å². The molecule has 0 fully saturated rings. The fourth-order valence-corrected chi connectivity index (χ4v) is 1.34. The second-order valence-corrected chi connectivity index (χ2v) is 3.63. The maximum atomic E-state index is 10.5. The predicted molar refractivity (Wildman–Crippen MR) is 46.5 cm³/mol. The molecule has 0 saturated heterocycles. The Kier molecular flexibility index (Phi) is 5.13. The van der Waals surface area contributed by atoms with E-state index >= 15 is 0 Å². The van der Waals surface area contributed by atoms with Crippen LogP contribution in [0.2, 0.25) is 0 Å². The highest BCUT2D eigenvalue weighted by molar-refractivity contribution is 8.13. The average molecular weight is 206 g/mol. The lowest BCUT2D eigenvalue weighted by Crippen LogP contribution is -2.20. The van der Waals surface area contributed by atoms with Gasteiger partial charge in [-0.2, -0.15) is 0 Å². The number of carboxylic acid groups (broad SMARTS) is 2. The van der Waals surface area contributed by atoms with Gasteiger partial charge in [-0.15, -0.1) is 0 Å². The number of aliphatic carboxylic acids is 2. The largest absolute Gasteiger partial charge is 0.481 e. The van der Waals surface area contributed by atoms with Crippen molar-refractivity contribution in [3.63, 3.8) is 0 Å². The first-order valence-corrected chi connectivity index (χ1v) is 4.50. The summed E-state index contributed by atoms with van der Waals surface area (Å²) in [5.74, 6) is -3.34. The molecule has 0 bridgehead atoms. The molecule has 0 aliphatic rings. The molecule has 0 aromatic rings. The highest BCUT2D eigenvalue weighted by Gasteiger charge is 2.21. The second kappa shape index (κ2) is 5.58. The van der Waals surface area contributed by atoms with E-state index in [2.05, 4.69) is 0 Å².